The Balaban J connectivity index is 1.22. The minimum atomic E-state index is 0.158. The fourth-order valence-electron chi connectivity index (χ4n) is 6.98. The van der Waals surface area contributed by atoms with Crippen LogP contribution in [0.2, 0.25) is 0 Å². The van der Waals surface area contributed by atoms with E-state index in [0.717, 1.165) is 0 Å². The Labute approximate surface area is 249 Å². The van der Waals surface area contributed by atoms with E-state index in [0.29, 0.717) is 0 Å². The molecule has 0 radical (unpaired) electrons. The van der Waals surface area contributed by atoms with Crippen molar-refractivity contribution in [1.29, 1.82) is 0 Å². The molecule has 0 unspecified atom stereocenters. The van der Waals surface area contributed by atoms with Crippen LogP contribution >= 0.6 is 11.8 Å². The van der Waals surface area contributed by atoms with E-state index in [4.69, 9.17) is 0 Å². The molecule has 42 heavy (non-hydrogen) atoms. The van der Waals surface area contributed by atoms with Gasteiger partial charge in [-0.15, -0.1) is 0 Å². The van der Waals surface area contributed by atoms with Gasteiger partial charge in [0, 0.05) is 15.7 Å². The van der Waals surface area contributed by atoms with Crippen LogP contribution in [0.4, 0.5) is 0 Å². The third-order valence-corrected chi connectivity index (χ3v) is 10.1. The van der Waals surface area contributed by atoms with Gasteiger partial charge in [-0.3, -0.25) is 0 Å². The van der Waals surface area contributed by atoms with E-state index in [1.54, 1.807) is 0 Å². The lowest BCUT2D eigenvalue weighted by atomic mass is 9.80. The molecule has 8 aromatic carbocycles. The topological polar surface area (TPSA) is 0 Å². The summed E-state index contributed by atoms with van der Waals surface area (Å²) in [6.45, 7) is 0. The lowest BCUT2D eigenvalue weighted by Gasteiger charge is -2.31. The molecule has 1 heteroatoms. The SMILES string of the molecule is c1ccc2c3c(ccc2c1)Sc1ccc2ccccc2c1C3c1ccc(-c2ccc3c(ccc4ccccc43)c2)cc1. The van der Waals surface area contributed by atoms with Crippen LogP contribution in [0.3, 0.4) is 0 Å². The molecule has 0 aliphatic carbocycles. The van der Waals surface area contributed by atoms with Crippen molar-refractivity contribution >= 4 is 54.9 Å². The average molecular weight is 551 g/mol. The van der Waals surface area contributed by atoms with Crippen molar-refractivity contribution in [2.24, 2.45) is 0 Å². The van der Waals surface area contributed by atoms with E-state index < -0.39 is 0 Å². The van der Waals surface area contributed by atoms with Crippen molar-refractivity contribution in [1.82, 2.24) is 0 Å². The first-order chi connectivity index (χ1) is 20.8. The van der Waals surface area contributed by atoms with E-state index in [1.165, 1.54) is 80.7 Å². The van der Waals surface area contributed by atoms with Crippen LogP contribution in [-0.2, 0) is 0 Å². The molecule has 8 aromatic rings. The second kappa shape index (κ2) is 9.34. The summed E-state index contributed by atoms with van der Waals surface area (Å²) in [6, 6.07) is 56.3. The molecule has 1 aliphatic heterocycles. The lowest BCUT2D eigenvalue weighted by Crippen LogP contribution is -2.11. The summed E-state index contributed by atoms with van der Waals surface area (Å²) >= 11 is 1.91. The maximum atomic E-state index is 2.36. The first kappa shape index (κ1) is 23.8. The Kier molecular flexibility index (Phi) is 5.30. The maximum Gasteiger partial charge on any atom is 0.0374 e. The average Bonchev–Trinajstić information content (AvgIpc) is 3.07. The molecule has 0 bridgehead atoms. The second-order valence-electron chi connectivity index (χ2n) is 11.3. The van der Waals surface area contributed by atoms with Gasteiger partial charge in [-0.05, 0) is 89.1 Å². The normalized spacial score (nSPS) is 13.0. The Morgan fingerprint density at radius 2 is 0.833 bits per heavy atom. The summed E-state index contributed by atoms with van der Waals surface area (Å²) in [6.07, 6.45) is 0. The van der Waals surface area contributed by atoms with Gasteiger partial charge in [0.05, 0.1) is 0 Å². The Bertz CT molecular complexity index is 2240. The molecule has 0 spiro atoms. The molecule has 0 N–H and O–H groups in total. The van der Waals surface area contributed by atoms with Crippen molar-refractivity contribution in [3.05, 3.63) is 168 Å². The smallest absolute Gasteiger partial charge is 0.0374 e. The highest BCUT2D eigenvalue weighted by atomic mass is 32.2. The fourth-order valence-corrected chi connectivity index (χ4v) is 8.17. The van der Waals surface area contributed by atoms with Gasteiger partial charge >= 0.3 is 0 Å². The standard InChI is InChI=1S/C41H26S/c1-4-10-33-27(7-1)15-18-32-25-31(19-22-34(32)33)26-13-16-30(17-14-26)39-40-35-11-5-2-8-28(35)20-23-37(40)42-38-24-21-29-9-3-6-12-36(29)41(38)39/h1-25,39H. The quantitative estimate of drug-likeness (QED) is 0.193. The van der Waals surface area contributed by atoms with Crippen LogP contribution in [0.25, 0.3) is 54.2 Å². The van der Waals surface area contributed by atoms with Gasteiger partial charge in [0.25, 0.3) is 0 Å². The van der Waals surface area contributed by atoms with Crippen molar-refractivity contribution in [3.8, 4) is 11.1 Å². The lowest BCUT2D eigenvalue weighted by molar-refractivity contribution is 0.926. The summed E-state index contributed by atoms with van der Waals surface area (Å²) in [7, 11) is 0. The van der Waals surface area contributed by atoms with Gasteiger partial charge < -0.3 is 0 Å². The predicted molar refractivity (Wildman–Crippen MR) is 180 cm³/mol. The van der Waals surface area contributed by atoms with Crippen LogP contribution in [0.1, 0.15) is 22.6 Å². The summed E-state index contributed by atoms with van der Waals surface area (Å²) in [5.41, 5.74) is 6.68. The van der Waals surface area contributed by atoms with Crippen LogP contribution in [0.15, 0.2) is 161 Å². The van der Waals surface area contributed by atoms with Gasteiger partial charge in [-0.2, -0.15) is 0 Å². The van der Waals surface area contributed by atoms with E-state index >= 15 is 0 Å². The monoisotopic (exact) mass is 550 g/mol. The van der Waals surface area contributed by atoms with Crippen LogP contribution in [0, 0.1) is 0 Å². The summed E-state index contributed by atoms with van der Waals surface area (Å²) < 4.78 is 0. The highest BCUT2D eigenvalue weighted by Crippen LogP contribution is 2.53. The van der Waals surface area contributed by atoms with E-state index in [9.17, 15) is 0 Å². The molecule has 0 saturated heterocycles. The van der Waals surface area contributed by atoms with Crippen LogP contribution < -0.4 is 0 Å². The van der Waals surface area contributed by atoms with Gasteiger partial charge in [-0.25, -0.2) is 0 Å². The number of rotatable bonds is 2. The third kappa shape index (κ3) is 3.64. The van der Waals surface area contributed by atoms with Gasteiger partial charge in [-0.1, -0.05) is 145 Å². The minimum Gasteiger partial charge on any atom is -0.0894 e. The molecule has 196 valence electrons. The molecule has 1 heterocycles. The molecule has 0 atom stereocenters. The second-order valence-corrected chi connectivity index (χ2v) is 12.4. The van der Waals surface area contributed by atoms with Crippen molar-refractivity contribution < 1.29 is 0 Å². The van der Waals surface area contributed by atoms with Crippen molar-refractivity contribution in [3.63, 3.8) is 0 Å². The first-order valence-corrected chi connectivity index (χ1v) is 15.4. The van der Waals surface area contributed by atoms with Gasteiger partial charge in [0.1, 0.15) is 0 Å². The molecule has 1 aliphatic rings. The zero-order valence-electron chi connectivity index (χ0n) is 22.9. The summed E-state index contributed by atoms with van der Waals surface area (Å²) in [4.78, 5) is 2.71. The van der Waals surface area contributed by atoms with Crippen molar-refractivity contribution in [2.75, 3.05) is 0 Å². The maximum absolute atomic E-state index is 2.36. The van der Waals surface area contributed by atoms with Crippen LogP contribution in [-0.4, -0.2) is 0 Å². The highest BCUT2D eigenvalue weighted by molar-refractivity contribution is 7.99. The summed E-state index contributed by atoms with van der Waals surface area (Å²) in [5, 5.41) is 10.5. The van der Waals surface area contributed by atoms with E-state index in [-0.39, 0.29) is 5.92 Å². The molecule has 9 rings (SSSR count). The molecular weight excluding hydrogens is 525 g/mol. The highest BCUT2D eigenvalue weighted by Gasteiger charge is 2.31. The van der Waals surface area contributed by atoms with Gasteiger partial charge in [0.15, 0.2) is 0 Å². The molecule has 0 aromatic heterocycles. The number of hydrogen-bond donors (Lipinski definition) is 0. The number of hydrogen-bond acceptors (Lipinski definition) is 1. The number of fused-ring (bicyclic) bond motifs is 9. The van der Waals surface area contributed by atoms with Crippen LogP contribution in [0.5, 0.6) is 0 Å². The molecule has 0 amide bonds. The third-order valence-electron chi connectivity index (χ3n) is 8.98. The van der Waals surface area contributed by atoms with Gasteiger partial charge in [0.2, 0.25) is 0 Å². The zero-order valence-corrected chi connectivity index (χ0v) is 23.7. The van der Waals surface area contributed by atoms with E-state index in [1.807, 2.05) is 11.8 Å². The van der Waals surface area contributed by atoms with Crippen molar-refractivity contribution in [2.45, 2.75) is 15.7 Å². The Morgan fingerprint density at radius 1 is 0.357 bits per heavy atom. The minimum absolute atomic E-state index is 0.158. The molecule has 0 saturated carbocycles. The first-order valence-electron chi connectivity index (χ1n) is 14.5. The van der Waals surface area contributed by atoms with E-state index in [2.05, 4.69) is 152 Å². The molecular formula is C41H26S. The zero-order chi connectivity index (χ0) is 27.6. The fraction of sp³-hybridized carbons (Fsp3) is 0.0244. The molecule has 0 nitrogen and oxygen atoms in total. The number of benzene rings is 8. The molecule has 0 fully saturated rings. The Hall–Kier alpha value is -4.85. The Morgan fingerprint density at radius 3 is 1.48 bits per heavy atom. The largest absolute Gasteiger partial charge is 0.0894 e. The predicted octanol–water partition coefficient (Wildman–Crippen LogP) is 11.6. The summed E-state index contributed by atoms with van der Waals surface area (Å²) in [5.74, 6) is 0.158.